The Morgan fingerprint density at radius 1 is 1.24 bits per heavy atom. The highest BCUT2D eigenvalue weighted by Crippen LogP contribution is 2.32. The third-order valence-electron chi connectivity index (χ3n) is 3.69. The van der Waals surface area contributed by atoms with Crippen LogP contribution in [0.2, 0.25) is 10.0 Å². The fourth-order valence-electron chi connectivity index (χ4n) is 2.67. The SMILES string of the molecule is CC1CCC(O)C(Cc2ccc(Cl)c(Cl)c2)C1. The summed E-state index contributed by atoms with van der Waals surface area (Å²) < 4.78 is 0. The minimum Gasteiger partial charge on any atom is -0.393 e. The smallest absolute Gasteiger partial charge is 0.0595 e. The number of benzene rings is 1. The van der Waals surface area contributed by atoms with Gasteiger partial charge in [-0.1, -0.05) is 36.2 Å². The Bertz CT molecular complexity index is 392. The molecule has 2 rings (SSSR count). The van der Waals surface area contributed by atoms with Gasteiger partial charge in [0, 0.05) is 0 Å². The normalized spacial score (nSPS) is 29.3. The quantitative estimate of drug-likeness (QED) is 0.850. The summed E-state index contributed by atoms with van der Waals surface area (Å²) in [5, 5.41) is 11.2. The Hall–Kier alpha value is -0.240. The first kappa shape index (κ1) is 13.2. The van der Waals surface area contributed by atoms with Gasteiger partial charge >= 0.3 is 0 Å². The van der Waals surface area contributed by atoms with Gasteiger partial charge in [0.1, 0.15) is 0 Å². The van der Waals surface area contributed by atoms with Gasteiger partial charge in [-0.2, -0.15) is 0 Å². The molecule has 0 spiro atoms. The minimum atomic E-state index is -0.166. The summed E-state index contributed by atoms with van der Waals surface area (Å²) in [6.45, 7) is 2.26. The van der Waals surface area contributed by atoms with Gasteiger partial charge < -0.3 is 5.11 Å². The van der Waals surface area contributed by atoms with Crippen molar-refractivity contribution in [1.82, 2.24) is 0 Å². The summed E-state index contributed by atoms with van der Waals surface area (Å²) >= 11 is 11.9. The van der Waals surface area contributed by atoms with Crippen molar-refractivity contribution in [1.29, 1.82) is 0 Å². The summed E-state index contributed by atoms with van der Waals surface area (Å²) in [4.78, 5) is 0. The maximum absolute atomic E-state index is 10.0. The van der Waals surface area contributed by atoms with Crippen LogP contribution in [0.4, 0.5) is 0 Å². The molecule has 0 aliphatic heterocycles. The van der Waals surface area contributed by atoms with E-state index in [1.165, 1.54) is 0 Å². The Labute approximate surface area is 113 Å². The van der Waals surface area contributed by atoms with Crippen molar-refractivity contribution in [3.63, 3.8) is 0 Å². The first-order chi connectivity index (χ1) is 8.06. The van der Waals surface area contributed by atoms with Gasteiger partial charge in [-0.25, -0.2) is 0 Å². The monoisotopic (exact) mass is 272 g/mol. The van der Waals surface area contributed by atoms with Crippen molar-refractivity contribution >= 4 is 23.2 Å². The Balaban J connectivity index is 2.06. The largest absolute Gasteiger partial charge is 0.393 e. The number of hydrogen-bond donors (Lipinski definition) is 1. The van der Waals surface area contributed by atoms with Crippen LogP contribution in [0.25, 0.3) is 0 Å². The molecule has 17 heavy (non-hydrogen) atoms. The van der Waals surface area contributed by atoms with E-state index in [2.05, 4.69) is 6.92 Å². The number of halogens is 2. The Morgan fingerprint density at radius 3 is 2.71 bits per heavy atom. The molecular formula is C14H18Cl2O. The van der Waals surface area contributed by atoms with Crippen LogP contribution in [0.5, 0.6) is 0 Å². The van der Waals surface area contributed by atoms with Crippen LogP contribution >= 0.6 is 23.2 Å². The van der Waals surface area contributed by atoms with E-state index in [-0.39, 0.29) is 6.10 Å². The number of rotatable bonds is 2. The summed E-state index contributed by atoms with van der Waals surface area (Å²) in [5.41, 5.74) is 1.16. The minimum absolute atomic E-state index is 0.166. The van der Waals surface area contributed by atoms with E-state index in [9.17, 15) is 5.11 Å². The lowest BCUT2D eigenvalue weighted by molar-refractivity contribution is 0.0519. The van der Waals surface area contributed by atoms with E-state index in [1.807, 2.05) is 18.2 Å². The standard InChI is InChI=1S/C14H18Cl2O/c1-9-2-5-14(17)11(6-9)7-10-3-4-12(15)13(16)8-10/h3-4,8-9,11,14,17H,2,5-7H2,1H3. The fraction of sp³-hybridized carbons (Fsp3) is 0.571. The highest BCUT2D eigenvalue weighted by atomic mass is 35.5. The molecule has 0 heterocycles. The van der Waals surface area contributed by atoms with E-state index >= 15 is 0 Å². The van der Waals surface area contributed by atoms with Gasteiger partial charge in [-0.3, -0.25) is 0 Å². The molecule has 1 aromatic carbocycles. The van der Waals surface area contributed by atoms with Crippen LogP contribution in [0.15, 0.2) is 18.2 Å². The molecule has 3 heteroatoms. The van der Waals surface area contributed by atoms with Crippen molar-refractivity contribution in [2.24, 2.45) is 11.8 Å². The number of aliphatic hydroxyl groups is 1. The zero-order chi connectivity index (χ0) is 12.4. The van der Waals surface area contributed by atoms with E-state index < -0.39 is 0 Å². The second-order valence-electron chi connectivity index (χ2n) is 5.20. The van der Waals surface area contributed by atoms with Crippen molar-refractivity contribution in [3.8, 4) is 0 Å². The van der Waals surface area contributed by atoms with Gasteiger partial charge in [0.15, 0.2) is 0 Å². The van der Waals surface area contributed by atoms with Crippen LogP contribution in [-0.2, 0) is 6.42 Å². The maximum atomic E-state index is 10.0. The molecule has 1 aliphatic rings. The van der Waals surface area contributed by atoms with E-state index in [0.29, 0.717) is 21.9 Å². The van der Waals surface area contributed by atoms with Crippen molar-refractivity contribution in [2.75, 3.05) is 0 Å². The number of aliphatic hydroxyl groups excluding tert-OH is 1. The second kappa shape index (κ2) is 5.60. The summed E-state index contributed by atoms with van der Waals surface area (Å²) in [7, 11) is 0. The zero-order valence-electron chi connectivity index (χ0n) is 10.00. The molecule has 1 aromatic rings. The Kier molecular flexibility index (Phi) is 4.35. The molecule has 0 aromatic heterocycles. The van der Waals surface area contributed by atoms with Crippen molar-refractivity contribution in [2.45, 2.75) is 38.7 Å². The molecule has 1 nitrogen and oxygen atoms in total. The molecule has 1 N–H and O–H groups in total. The van der Waals surface area contributed by atoms with Crippen molar-refractivity contribution in [3.05, 3.63) is 33.8 Å². The van der Waals surface area contributed by atoms with Gasteiger partial charge in [0.2, 0.25) is 0 Å². The molecule has 0 bridgehead atoms. The highest BCUT2D eigenvalue weighted by molar-refractivity contribution is 6.42. The van der Waals surface area contributed by atoms with Gasteiger partial charge in [0.05, 0.1) is 16.1 Å². The average molecular weight is 273 g/mol. The van der Waals surface area contributed by atoms with Crippen LogP contribution in [-0.4, -0.2) is 11.2 Å². The lowest BCUT2D eigenvalue weighted by Gasteiger charge is -2.31. The summed E-state index contributed by atoms with van der Waals surface area (Å²) in [6, 6.07) is 5.74. The average Bonchev–Trinajstić information content (AvgIpc) is 2.29. The molecule has 3 atom stereocenters. The lowest BCUT2D eigenvalue weighted by Crippen LogP contribution is -2.29. The number of hydrogen-bond acceptors (Lipinski definition) is 1. The third-order valence-corrected chi connectivity index (χ3v) is 4.43. The van der Waals surface area contributed by atoms with Gasteiger partial charge in [-0.15, -0.1) is 0 Å². The van der Waals surface area contributed by atoms with Crippen LogP contribution in [0.1, 0.15) is 31.7 Å². The molecule has 0 amide bonds. The molecule has 0 radical (unpaired) electrons. The zero-order valence-corrected chi connectivity index (χ0v) is 11.5. The summed E-state index contributed by atoms with van der Waals surface area (Å²) in [6.07, 6.45) is 3.89. The Morgan fingerprint density at radius 2 is 2.00 bits per heavy atom. The highest BCUT2D eigenvalue weighted by Gasteiger charge is 2.27. The molecule has 1 aliphatic carbocycles. The topological polar surface area (TPSA) is 20.2 Å². The molecule has 1 fully saturated rings. The second-order valence-corrected chi connectivity index (χ2v) is 6.01. The predicted octanol–water partition coefficient (Wildman–Crippen LogP) is 4.33. The fourth-order valence-corrected chi connectivity index (χ4v) is 2.99. The van der Waals surface area contributed by atoms with Gasteiger partial charge in [0.25, 0.3) is 0 Å². The first-order valence-corrected chi connectivity index (χ1v) is 6.94. The lowest BCUT2D eigenvalue weighted by atomic mass is 9.77. The van der Waals surface area contributed by atoms with Gasteiger partial charge in [-0.05, 0) is 55.2 Å². The van der Waals surface area contributed by atoms with Crippen LogP contribution in [0, 0.1) is 11.8 Å². The first-order valence-electron chi connectivity index (χ1n) is 6.18. The summed E-state index contributed by atoms with van der Waals surface area (Å²) in [5.74, 6) is 1.07. The van der Waals surface area contributed by atoms with Crippen LogP contribution in [0.3, 0.4) is 0 Å². The molecule has 94 valence electrons. The van der Waals surface area contributed by atoms with E-state index in [1.54, 1.807) is 0 Å². The molecule has 3 unspecified atom stereocenters. The van der Waals surface area contributed by atoms with Crippen LogP contribution < -0.4 is 0 Å². The predicted molar refractivity (Wildman–Crippen MR) is 72.7 cm³/mol. The maximum Gasteiger partial charge on any atom is 0.0595 e. The molecular weight excluding hydrogens is 255 g/mol. The third kappa shape index (κ3) is 3.37. The molecule has 1 saturated carbocycles. The van der Waals surface area contributed by atoms with E-state index in [4.69, 9.17) is 23.2 Å². The van der Waals surface area contributed by atoms with E-state index in [0.717, 1.165) is 31.2 Å². The van der Waals surface area contributed by atoms with Crippen molar-refractivity contribution < 1.29 is 5.11 Å². The molecule has 0 saturated heterocycles.